The molecular weight excluding hydrogens is 369 g/mol. The van der Waals surface area contributed by atoms with Gasteiger partial charge in [-0.15, -0.1) is 0 Å². The molecule has 29 heavy (non-hydrogen) atoms. The van der Waals surface area contributed by atoms with Gasteiger partial charge >= 0.3 is 0 Å². The molecule has 0 aliphatic carbocycles. The van der Waals surface area contributed by atoms with Gasteiger partial charge < -0.3 is 15.0 Å². The van der Waals surface area contributed by atoms with Gasteiger partial charge in [0.2, 0.25) is 0 Å². The summed E-state index contributed by atoms with van der Waals surface area (Å²) in [6, 6.07) is 11.9. The molecular formula is C23H26FN3O2. The zero-order chi connectivity index (χ0) is 21.0. The molecule has 0 saturated heterocycles. The second kappa shape index (κ2) is 9.01. The maximum atomic E-state index is 13.4. The second-order valence-electron chi connectivity index (χ2n) is 7.26. The van der Waals surface area contributed by atoms with Crippen molar-refractivity contribution >= 4 is 0 Å². The van der Waals surface area contributed by atoms with Crippen LogP contribution < -0.4 is 15.6 Å². The van der Waals surface area contributed by atoms with Gasteiger partial charge in [0.05, 0.1) is 7.11 Å². The highest BCUT2D eigenvalue weighted by Crippen LogP contribution is 2.24. The van der Waals surface area contributed by atoms with Crippen molar-refractivity contribution in [3.05, 3.63) is 92.4 Å². The average molecular weight is 395 g/mol. The molecule has 2 aromatic carbocycles. The van der Waals surface area contributed by atoms with Gasteiger partial charge in [-0.25, -0.2) is 9.37 Å². The summed E-state index contributed by atoms with van der Waals surface area (Å²) < 4.78 is 18.8. The Balaban J connectivity index is 1.86. The number of nitrogens with one attached hydrogen (secondary N) is 2. The number of benzene rings is 2. The Morgan fingerprint density at radius 1 is 1.10 bits per heavy atom. The van der Waals surface area contributed by atoms with Gasteiger partial charge in [0.15, 0.2) is 0 Å². The number of hydrogen-bond donors (Lipinski definition) is 2. The Hall–Kier alpha value is -2.99. The third kappa shape index (κ3) is 5.29. The van der Waals surface area contributed by atoms with E-state index in [-0.39, 0.29) is 17.4 Å². The van der Waals surface area contributed by atoms with Crippen LogP contribution in [-0.2, 0) is 13.0 Å². The minimum Gasteiger partial charge on any atom is -0.496 e. The highest BCUT2D eigenvalue weighted by molar-refractivity contribution is 5.41. The predicted molar refractivity (Wildman–Crippen MR) is 112 cm³/mol. The second-order valence-corrected chi connectivity index (χ2v) is 7.26. The number of rotatable bonds is 7. The Kier molecular flexibility index (Phi) is 6.44. The van der Waals surface area contributed by atoms with E-state index in [0.29, 0.717) is 24.5 Å². The number of nitrogens with zero attached hydrogens (tertiary/aromatic N) is 1. The van der Waals surface area contributed by atoms with Gasteiger partial charge in [0.1, 0.15) is 17.4 Å². The van der Waals surface area contributed by atoms with Gasteiger partial charge in [-0.1, -0.05) is 18.2 Å². The number of hydrogen-bond acceptors (Lipinski definition) is 4. The largest absolute Gasteiger partial charge is 0.496 e. The minimum absolute atomic E-state index is 0.119. The summed E-state index contributed by atoms with van der Waals surface area (Å²) in [6.07, 6.45) is 0.518. The van der Waals surface area contributed by atoms with Crippen LogP contribution in [0.15, 0.2) is 47.3 Å². The normalized spacial score (nSPS) is 12.0. The Morgan fingerprint density at radius 3 is 2.48 bits per heavy atom. The van der Waals surface area contributed by atoms with Crippen molar-refractivity contribution in [2.45, 2.75) is 39.8 Å². The molecule has 0 spiro atoms. The summed E-state index contributed by atoms with van der Waals surface area (Å²) in [5.74, 6) is 1.16. The molecule has 1 atom stereocenters. The van der Waals surface area contributed by atoms with Crippen molar-refractivity contribution in [1.82, 2.24) is 15.3 Å². The first-order valence-electron chi connectivity index (χ1n) is 9.55. The molecule has 5 nitrogen and oxygen atoms in total. The molecule has 0 aliphatic heterocycles. The molecule has 1 heterocycles. The first-order chi connectivity index (χ1) is 13.9. The van der Waals surface area contributed by atoms with Crippen LogP contribution in [0.5, 0.6) is 5.75 Å². The number of methoxy groups -OCH3 is 1. The molecule has 2 N–H and O–H groups in total. The van der Waals surface area contributed by atoms with Crippen LogP contribution in [0.3, 0.4) is 0 Å². The Bertz CT molecular complexity index is 1040. The number of H-pyrrole nitrogens is 1. The molecule has 0 bridgehead atoms. The number of aryl methyl sites for hydroxylation is 3. The van der Waals surface area contributed by atoms with Crippen molar-refractivity contribution in [3.8, 4) is 5.75 Å². The average Bonchev–Trinajstić information content (AvgIpc) is 2.67. The van der Waals surface area contributed by atoms with Crippen LogP contribution in [0, 0.1) is 26.6 Å². The summed E-state index contributed by atoms with van der Waals surface area (Å²) in [5, 5.41) is 3.55. The van der Waals surface area contributed by atoms with E-state index in [9.17, 15) is 9.18 Å². The standard InChI is InChI=1S/C23H26FN3O2/c1-14-10-22(29-4)15(2)9-18(14)13-25-21(17-5-7-19(24)8-6-17)11-20-12-23(28)27-16(3)26-20/h5-10,12,21,25H,11,13H2,1-4H3,(H,26,27,28). The van der Waals surface area contributed by atoms with Crippen molar-refractivity contribution in [2.24, 2.45) is 0 Å². The fourth-order valence-electron chi connectivity index (χ4n) is 3.45. The van der Waals surface area contributed by atoms with Gasteiger partial charge in [0, 0.05) is 30.8 Å². The third-order valence-electron chi connectivity index (χ3n) is 4.99. The molecule has 152 valence electrons. The summed E-state index contributed by atoms with van der Waals surface area (Å²) in [4.78, 5) is 18.9. The quantitative estimate of drug-likeness (QED) is 0.636. The van der Waals surface area contributed by atoms with E-state index < -0.39 is 0 Å². The van der Waals surface area contributed by atoms with Gasteiger partial charge in [-0.05, 0) is 61.2 Å². The third-order valence-corrected chi connectivity index (χ3v) is 4.99. The fraction of sp³-hybridized carbons (Fsp3) is 0.304. The minimum atomic E-state index is -0.278. The number of aromatic nitrogens is 2. The Labute approximate surface area is 170 Å². The topological polar surface area (TPSA) is 67.0 Å². The van der Waals surface area contributed by atoms with E-state index >= 15 is 0 Å². The monoisotopic (exact) mass is 395 g/mol. The van der Waals surface area contributed by atoms with Crippen molar-refractivity contribution in [3.63, 3.8) is 0 Å². The number of ether oxygens (including phenoxy) is 1. The van der Waals surface area contributed by atoms with Crippen molar-refractivity contribution in [1.29, 1.82) is 0 Å². The molecule has 0 aliphatic rings. The van der Waals surface area contributed by atoms with Gasteiger partial charge in [-0.3, -0.25) is 4.79 Å². The number of halogens is 1. The van der Waals surface area contributed by atoms with E-state index in [1.807, 2.05) is 19.9 Å². The van der Waals surface area contributed by atoms with E-state index in [1.54, 1.807) is 26.2 Å². The van der Waals surface area contributed by atoms with Crippen molar-refractivity contribution < 1.29 is 9.13 Å². The molecule has 6 heteroatoms. The molecule has 0 fully saturated rings. The fourth-order valence-corrected chi connectivity index (χ4v) is 3.45. The van der Waals surface area contributed by atoms with Crippen LogP contribution in [-0.4, -0.2) is 17.1 Å². The summed E-state index contributed by atoms with van der Waals surface area (Å²) >= 11 is 0. The lowest BCUT2D eigenvalue weighted by atomic mass is 10.00. The van der Waals surface area contributed by atoms with Gasteiger partial charge in [-0.2, -0.15) is 0 Å². The van der Waals surface area contributed by atoms with Crippen LogP contribution in [0.4, 0.5) is 4.39 Å². The summed E-state index contributed by atoms with van der Waals surface area (Å²) in [5.41, 5.74) is 4.81. The van der Waals surface area contributed by atoms with E-state index in [4.69, 9.17) is 4.74 Å². The highest BCUT2D eigenvalue weighted by Gasteiger charge is 2.15. The van der Waals surface area contributed by atoms with Crippen LogP contribution in [0.1, 0.15) is 39.8 Å². The lowest BCUT2D eigenvalue weighted by molar-refractivity contribution is 0.411. The van der Waals surface area contributed by atoms with Gasteiger partial charge in [0.25, 0.3) is 5.56 Å². The Morgan fingerprint density at radius 2 is 1.83 bits per heavy atom. The maximum Gasteiger partial charge on any atom is 0.251 e. The number of aromatic amines is 1. The summed E-state index contributed by atoms with van der Waals surface area (Å²) in [6.45, 7) is 6.45. The lowest BCUT2D eigenvalue weighted by Crippen LogP contribution is -2.25. The molecule has 3 aromatic rings. The van der Waals surface area contributed by atoms with Crippen molar-refractivity contribution in [2.75, 3.05) is 7.11 Å². The van der Waals surface area contributed by atoms with Crippen LogP contribution in [0.25, 0.3) is 0 Å². The first kappa shape index (κ1) is 20.7. The first-order valence-corrected chi connectivity index (χ1v) is 9.55. The summed E-state index contributed by atoms with van der Waals surface area (Å²) in [7, 11) is 1.67. The van der Waals surface area contributed by atoms with Crippen LogP contribution in [0.2, 0.25) is 0 Å². The smallest absolute Gasteiger partial charge is 0.251 e. The molecule has 1 unspecified atom stereocenters. The highest BCUT2D eigenvalue weighted by atomic mass is 19.1. The molecule has 0 amide bonds. The molecule has 1 aromatic heterocycles. The molecule has 0 saturated carbocycles. The lowest BCUT2D eigenvalue weighted by Gasteiger charge is -2.21. The molecule has 0 radical (unpaired) electrons. The van der Waals surface area contributed by atoms with E-state index in [0.717, 1.165) is 28.0 Å². The predicted octanol–water partition coefficient (Wildman–Crippen LogP) is 3.92. The van der Waals surface area contributed by atoms with E-state index in [2.05, 4.69) is 21.4 Å². The van der Waals surface area contributed by atoms with E-state index in [1.165, 1.54) is 18.2 Å². The van der Waals surface area contributed by atoms with Crippen LogP contribution >= 0.6 is 0 Å². The zero-order valence-electron chi connectivity index (χ0n) is 17.2. The maximum absolute atomic E-state index is 13.4. The molecule has 3 rings (SSSR count). The zero-order valence-corrected chi connectivity index (χ0v) is 17.2. The SMILES string of the molecule is COc1cc(C)c(CNC(Cc2cc(=O)[nH]c(C)n2)c2ccc(F)cc2)cc1C.